The molecule has 1 unspecified atom stereocenters. The third-order valence-corrected chi connectivity index (χ3v) is 0.754. The molecule has 1 atom stereocenters. The van der Waals surface area contributed by atoms with Gasteiger partial charge in [0.25, 0.3) is 0 Å². The summed E-state index contributed by atoms with van der Waals surface area (Å²) < 4.78 is 9.23. The van der Waals surface area contributed by atoms with Crippen molar-refractivity contribution in [2.75, 3.05) is 26.9 Å². The average molecular weight is 136 g/mol. The normalized spacial score (nSPS) is 13.7. The lowest BCUT2D eigenvalue weighted by Gasteiger charge is -2.06. The van der Waals surface area contributed by atoms with Crippen molar-refractivity contribution in [2.24, 2.45) is 0 Å². The molecule has 9 heavy (non-hydrogen) atoms. The fourth-order valence-corrected chi connectivity index (χ4v) is 0.320. The van der Waals surface area contributed by atoms with E-state index in [1.807, 2.05) is 0 Å². The molecular formula is C5H12O4. The van der Waals surface area contributed by atoms with E-state index in [0.29, 0.717) is 13.2 Å². The first kappa shape index (κ1) is 8.84. The molecule has 0 aliphatic heterocycles. The molecule has 0 fully saturated rings. The van der Waals surface area contributed by atoms with Crippen molar-refractivity contribution in [2.45, 2.75) is 6.29 Å². The summed E-state index contributed by atoms with van der Waals surface area (Å²) in [5.41, 5.74) is 0. The second-order valence-electron chi connectivity index (χ2n) is 1.50. The molecule has 0 aliphatic carbocycles. The lowest BCUT2D eigenvalue weighted by Crippen LogP contribution is -2.18. The van der Waals surface area contributed by atoms with Crippen LogP contribution in [-0.2, 0) is 9.47 Å². The Bertz CT molecular complexity index is 56.9. The van der Waals surface area contributed by atoms with Gasteiger partial charge in [0.15, 0.2) is 6.29 Å². The van der Waals surface area contributed by atoms with Crippen molar-refractivity contribution in [3.63, 3.8) is 0 Å². The number of hydrogen-bond donors (Lipinski definition) is 2. The van der Waals surface area contributed by atoms with Gasteiger partial charge in [0.2, 0.25) is 0 Å². The minimum atomic E-state index is -1.07. The highest BCUT2D eigenvalue weighted by molar-refractivity contribution is 4.33. The Hall–Kier alpha value is -0.160. The Balaban J connectivity index is 2.88. The van der Waals surface area contributed by atoms with Crippen molar-refractivity contribution in [1.29, 1.82) is 0 Å². The Kier molecular flexibility index (Phi) is 5.86. The van der Waals surface area contributed by atoms with Crippen LogP contribution in [-0.4, -0.2) is 43.4 Å². The van der Waals surface area contributed by atoms with Gasteiger partial charge in [0.05, 0.1) is 19.8 Å². The van der Waals surface area contributed by atoms with Crippen molar-refractivity contribution < 1.29 is 19.7 Å². The first-order valence-electron chi connectivity index (χ1n) is 2.70. The minimum absolute atomic E-state index is 0.304. The Morgan fingerprint density at radius 2 is 2.11 bits per heavy atom. The number of methoxy groups -OCH3 is 1. The van der Waals surface area contributed by atoms with Gasteiger partial charge in [-0.1, -0.05) is 0 Å². The molecule has 0 heterocycles. The number of aliphatic hydroxyl groups is 2. The molecule has 0 aromatic heterocycles. The van der Waals surface area contributed by atoms with E-state index in [9.17, 15) is 0 Å². The molecule has 56 valence electrons. The largest absolute Gasteiger partial charge is 0.391 e. The van der Waals surface area contributed by atoms with Crippen LogP contribution < -0.4 is 0 Å². The van der Waals surface area contributed by atoms with Crippen LogP contribution in [0, 0.1) is 0 Å². The van der Waals surface area contributed by atoms with Crippen LogP contribution in [0.15, 0.2) is 0 Å². The highest BCUT2D eigenvalue weighted by atomic mass is 16.6. The highest BCUT2D eigenvalue weighted by Gasteiger charge is 1.98. The molecule has 0 rings (SSSR count). The maximum atomic E-state index is 8.56. The Morgan fingerprint density at radius 1 is 1.44 bits per heavy atom. The highest BCUT2D eigenvalue weighted by Crippen LogP contribution is 1.83. The monoisotopic (exact) mass is 136 g/mol. The van der Waals surface area contributed by atoms with Crippen LogP contribution >= 0.6 is 0 Å². The van der Waals surface area contributed by atoms with Gasteiger partial charge < -0.3 is 19.7 Å². The lowest BCUT2D eigenvalue weighted by molar-refractivity contribution is -0.132. The number of ether oxygens (including phenoxy) is 2. The summed E-state index contributed by atoms with van der Waals surface area (Å²) in [7, 11) is 1.54. The van der Waals surface area contributed by atoms with Crippen molar-refractivity contribution in [3.8, 4) is 0 Å². The SMILES string of the molecule is COCCOC(O)CO. The summed E-state index contributed by atoms with van der Waals surface area (Å²) in [5, 5.41) is 16.8. The van der Waals surface area contributed by atoms with Crippen molar-refractivity contribution in [1.82, 2.24) is 0 Å². The van der Waals surface area contributed by atoms with E-state index < -0.39 is 6.29 Å². The molecule has 0 saturated heterocycles. The van der Waals surface area contributed by atoms with Gasteiger partial charge in [-0.2, -0.15) is 0 Å². The van der Waals surface area contributed by atoms with Gasteiger partial charge in [-0.25, -0.2) is 0 Å². The molecule has 0 aromatic carbocycles. The van der Waals surface area contributed by atoms with Gasteiger partial charge in [0, 0.05) is 7.11 Å². The molecule has 0 spiro atoms. The first-order valence-corrected chi connectivity index (χ1v) is 2.70. The minimum Gasteiger partial charge on any atom is -0.391 e. The molecule has 0 radical (unpaired) electrons. The molecule has 2 N–H and O–H groups in total. The van der Waals surface area contributed by atoms with Crippen LogP contribution in [0.5, 0.6) is 0 Å². The summed E-state index contributed by atoms with van der Waals surface area (Å²) in [6.07, 6.45) is -1.07. The third kappa shape index (κ3) is 5.72. The van der Waals surface area contributed by atoms with Crippen LogP contribution in [0.2, 0.25) is 0 Å². The molecule has 0 saturated carbocycles. The topological polar surface area (TPSA) is 58.9 Å². The van der Waals surface area contributed by atoms with E-state index in [1.165, 1.54) is 7.11 Å². The summed E-state index contributed by atoms with van der Waals surface area (Å²) in [5.74, 6) is 0. The summed E-state index contributed by atoms with van der Waals surface area (Å²) >= 11 is 0. The Morgan fingerprint density at radius 3 is 2.56 bits per heavy atom. The lowest BCUT2D eigenvalue weighted by atomic mass is 10.7. The van der Waals surface area contributed by atoms with Crippen molar-refractivity contribution in [3.05, 3.63) is 0 Å². The van der Waals surface area contributed by atoms with Crippen molar-refractivity contribution >= 4 is 0 Å². The predicted molar refractivity (Wildman–Crippen MR) is 30.9 cm³/mol. The van der Waals surface area contributed by atoms with E-state index in [0.717, 1.165) is 0 Å². The van der Waals surface area contributed by atoms with Crippen LogP contribution in [0.25, 0.3) is 0 Å². The molecule has 0 amide bonds. The maximum absolute atomic E-state index is 8.56. The zero-order valence-electron chi connectivity index (χ0n) is 5.41. The molecule has 0 aliphatic rings. The van der Waals surface area contributed by atoms with Gasteiger partial charge in [-0.15, -0.1) is 0 Å². The molecule has 4 nitrogen and oxygen atoms in total. The van der Waals surface area contributed by atoms with Gasteiger partial charge in [-0.05, 0) is 0 Å². The average Bonchev–Trinajstić information content (AvgIpc) is 1.89. The second-order valence-corrected chi connectivity index (χ2v) is 1.50. The van der Waals surface area contributed by atoms with Gasteiger partial charge in [-0.3, -0.25) is 0 Å². The third-order valence-electron chi connectivity index (χ3n) is 0.754. The van der Waals surface area contributed by atoms with Gasteiger partial charge >= 0.3 is 0 Å². The van der Waals surface area contributed by atoms with Crippen LogP contribution in [0.3, 0.4) is 0 Å². The molecule has 0 bridgehead atoms. The number of aliphatic hydroxyl groups excluding tert-OH is 2. The smallest absolute Gasteiger partial charge is 0.177 e. The van der Waals surface area contributed by atoms with E-state index in [1.54, 1.807) is 0 Å². The molecular weight excluding hydrogens is 124 g/mol. The maximum Gasteiger partial charge on any atom is 0.177 e. The number of hydrogen-bond acceptors (Lipinski definition) is 4. The van der Waals surface area contributed by atoms with Crippen LogP contribution in [0.1, 0.15) is 0 Å². The van der Waals surface area contributed by atoms with Gasteiger partial charge in [0.1, 0.15) is 0 Å². The zero-order chi connectivity index (χ0) is 7.11. The summed E-state index contributed by atoms with van der Waals surface area (Å²) in [6, 6.07) is 0. The van der Waals surface area contributed by atoms with E-state index in [-0.39, 0.29) is 6.61 Å². The predicted octanol–water partition coefficient (Wildman–Crippen LogP) is -1.04. The molecule has 4 heteroatoms. The summed E-state index contributed by atoms with van der Waals surface area (Å²) in [4.78, 5) is 0. The summed E-state index contributed by atoms with van der Waals surface area (Å²) in [6.45, 7) is 0.360. The number of rotatable bonds is 5. The standard InChI is InChI=1S/C5H12O4/c1-8-2-3-9-5(7)4-6/h5-7H,2-4H2,1H3. The van der Waals surface area contributed by atoms with E-state index in [2.05, 4.69) is 9.47 Å². The molecule has 0 aromatic rings. The Labute approximate surface area is 54.0 Å². The first-order chi connectivity index (χ1) is 4.31. The van der Waals surface area contributed by atoms with E-state index in [4.69, 9.17) is 10.2 Å². The second kappa shape index (κ2) is 5.97. The van der Waals surface area contributed by atoms with Crippen LogP contribution in [0.4, 0.5) is 0 Å². The van der Waals surface area contributed by atoms with E-state index >= 15 is 0 Å². The fraction of sp³-hybridized carbons (Fsp3) is 1.00. The quantitative estimate of drug-likeness (QED) is 0.374. The fourth-order valence-electron chi connectivity index (χ4n) is 0.320. The zero-order valence-corrected chi connectivity index (χ0v) is 5.41.